The lowest BCUT2D eigenvalue weighted by molar-refractivity contribution is 0.668. The minimum atomic E-state index is 0.574. The molecule has 0 saturated heterocycles. The van der Waals surface area contributed by atoms with Gasteiger partial charge in [-0.15, -0.1) is 0 Å². The van der Waals surface area contributed by atoms with Crippen molar-refractivity contribution in [2.24, 2.45) is 0 Å². The van der Waals surface area contributed by atoms with Crippen molar-refractivity contribution in [2.75, 3.05) is 0 Å². The van der Waals surface area contributed by atoms with Crippen molar-refractivity contribution in [2.45, 2.75) is 0 Å². The Balaban J connectivity index is 0.953. The fraction of sp³-hybridized carbons (Fsp3) is 0. The molecule has 0 atom stereocenters. The van der Waals surface area contributed by atoms with Crippen LogP contribution in [-0.4, -0.2) is 19.5 Å². The molecule has 0 aliphatic heterocycles. The van der Waals surface area contributed by atoms with Crippen LogP contribution in [0.4, 0.5) is 0 Å². The van der Waals surface area contributed by atoms with E-state index in [1.165, 1.54) is 16.3 Å². The second-order valence-electron chi connectivity index (χ2n) is 15.9. The van der Waals surface area contributed by atoms with Crippen LogP contribution in [0.25, 0.3) is 128 Å². The third-order valence-electron chi connectivity index (χ3n) is 12.3. The van der Waals surface area contributed by atoms with Gasteiger partial charge in [-0.3, -0.25) is 0 Å². The second-order valence-corrected chi connectivity index (χ2v) is 15.9. The third kappa shape index (κ3) is 5.69. The molecule has 13 aromatic rings. The monoisotopic (exact) mass is 806 g/mol. The topological polar surface area (TPSA) is 69.9 Å². The van der Waals surface area contributed by atoms with E-state index in [4.69, 9.17) is 23.8 Å². The zero-order chi connectivity index (χ0) is 41.4. The first-order valence-electron chi connectivity index (χ1n) is 21.1. The molecule has 9 aromatic carbocycles. The van der Waals surface area contributed by atoms with E-state index in [9.17, 15) is 0 Å². The number of hydrogen-bond acceptors (Lipinski definition) is 5. The van der Waals surface area contributed by atoms with Crippen LogP contribution in [0.5, 0.6) is 0 Å². The molecule has 4 heterocycles. The molecule has 0 aliphatic carbocycles. The van der Waals surface area contributed by atoms with Crippen LogP contribution >= 0.6 is 0 Å². The van der Waals surface area contributed by atoms with Crippen LogP contribution in [0.3, 0.4) is 0 Å². The van der Waals surface area contributed by atoms with E-state index in [0.717, 1.165) is 94.0 Å². The Hall–Kier alpha value is -8.61. The Kier molecular flexibility index (Phi) is 7.80. The molecule has 63 heavy (non-hydrogen) atoms. The molecule has 0 N–H and O–H groups in total. The molecule has 13 rings (SSSR count). The summed E-state index contributed by atoms with van der Waals surface area (Å²) in [6.45, 7) is 0. The first-order chi connectivity index (χ1) is 31.2. The molecule has 0 unspecified atom stereocenters. The highest BCUT2D eigenvalue weighted by atomic mass is 16.3. The lowest BCUT2D eigenvalue weighted by Crippen LogP contribution is -2.00. The van der Waals surface area contributed by atoms with E-state index in [-0.39, 0.29) is 0 Å². The number of aromatic nitrogens is 4. The number of rotatable bonds is 6. The van der Waals surface area contributed by atoms with Gasteiger partial charge in [0.15, 0.2) is 17.5 Å². The van der Waals surface area contributed by atoms with Crippen LogP contribution in [0, 0.1) is 0 Å². The summed E-state index contributed by atoms with van der Waals surface area (Å²) in [5.74, 6) is 1.76. The normalized spacial score (nSPS) is 11.8. The maximum atomic E-state index is 6.57. The summed E-state index contributed by atoms with van der Waals surface area (Å²) in [4.78, 5) is 15.4. The van der Waals surface area contributed by atoms with Crippen molar-refractivity contribution in [1.82, 2.24) is 19.5 Å². The zero-order valence-electron chi connectivity index (χ0n) is 33.7. The Morgan fingerprint density at radius 3 is 1.71 bits per heavy atom. The summed E-state index contributed by atoms with van der Waals surface area (Å²) in [6, 6.07) is 71.5. The molecule has 0 aliphatic rings. The number of para-hydroxylation sites is 3. The van der Waals surface area contributed by atoms with Gasteiger partial charge >= 0.3 is 0 Å². The van der Waals surface area contributed by atoms with Gasteiger partial charge in [-0.1, -0.05) is 146 Å². The lowest BCUT2D eigenvalue weighted by atomic mass is 9.97. The van der Waals surface area contributed by atoms with Crippen molar-refractivity contribution >= 4 is 65.7 Å². The van der Waals surface area contributed by atoms with Gasteiger partial charge in [0.05, 0.1) is 11.0 Å². The van der Waals surface area contributed by atoms with Gasteiger partial charge in [0, 0.05) is 54.7 Å². The molecule has 294 valence electrons. The Morgan fingerprint density at radius 2 is 0.873 bits per heavy atom. The summed E-state index contributed by atoms with van der Waals surface area (Å²) >= 11 is 0. The molecule has 4 aromatic heterocycles. The number of benzene rings is 9. The largest absolute Gasteiger partial charge is 0.456 e. The van der Waals surface area contributed by atoms with Gasteiger partial charge in [-0.05, 0) is 82.9 Å². The maximum Gasteiger partial charge on any atom is 0.164 e. The number of nitrogens with zero attached hydrogens (tertiary/aromatic N) is 4. The SMILES string of the molecule is c1ccc(-c2nc(-c3ccc(-c4ccc5c(c4)oc4ccccc45)cc3)nc(-c3cccc4oc5ccc(-c6cccc7c6c6ccccc6n7-c6ccccc6)cc5c34)n2)cc1. The molecular formula is C57H34N4O2. The van der Waals surface area contributed by atoms with Crippen molar-refractivity contribution in [3.63, 3.8) is 0 Å². The van der Waals surface area contributed by atoms with Crippen LogP contribution < -0.4 is 0 Å². The molecular weight excluding hydrogens is 773 g/mol. The van der Waals surface area contributed by atoms with Gasteiger partial charge in [-0.25, -0.2) is 15.0 Å². The fourth-order valence-electron chi connectivity index (χ4n) is 9.35. The fourth-order valence-corrected chi connectivity index (χ4v) is 9.35. The predicted molar refractivity (Wildman–Crippen MR) is 256 cm³/mol. The van der Waals surface area contributed by atoms with Gasteiger partial charge in [0.25, 0.3) is 0 Å². The number of hydrogen-bond donors (Lipinski definition) is 0. The number of fused-ring (bicyclic) bond motifs is 9. The average molecular weight is 807 g/mol. The van der Waals surface area contributed by atoms with Crippen LogP contribution in [0.15, 0.2) is 215 Å². The predicted octanol–water partition coefficient (Wildman–Crippen LogP) is 15.1. The van der Waals surface area contributed by atoms with E-state index in [1.54, 1.807) is 0 Å². The summed E-state index contributed by atoms with van der Waals surface area (Å²) in [5.41, 5.74) is 13.9. The van der Waals surface area contributed by atoms with Crippen LogP contribution in [0.2, 0.25) is 0 Å². The Morgan fingerprint density at radius 1 is 0.302 bits per heavy atom. The molecule has 0 spiro atoms. The maximum absolute atomic E-state index is 6.57. The summed E-state index contributed by atoms with van der Waals surface area (Å²) in [5, 5.41) is 6.60. The molecule has 0 amide bonds. The molecule has 6 nitrogen and oxygen atoms in total. The quantitative estimate of drug-likeness (QED) is 0.167. The Labute approximate surface area is 361 Å². The van der Waals surface area contributed by atoms with Gasteiger partial charge in [0.1, 0.15) is 22.3 Å². The second kappa shape index (κ2) is 14.0. The lowest BCUT2D eigenvalue weighted by Gasteiger charge is -2.10. The van der Waals surface area contributed by atoms with E-state index in [2.05, 4.69) is 150 Å². The highest BCUT2D eigenvalue weighted by molar-refractivity contribution is 6.18. The molecule has 0 bridgehead atoms. The molecule has 0 radical (unpaired) electrons. The summed E-state index contributed by atoms with van der Waals surface area (Å²) < 4.78 is 15.1. The van der Waals surface area contributed by atoms with Crippen molar-refractivity contribution in [1.29, 1.82) is 0 Å². The van der Waals surface area contributed by atoms with Crippen molar-refractivity contribution in [3.05, 3.63) is 206 Å². The van der Waals surface area contributed by atoms with Crippen molar-refractivity contribution < 1.29 is 8.83 Å². The smallest absolute Gasteiger partial charge is 0.164 e. The summed E-state index contributed by atoms with van der Waals surface area (Å²) in [7, 11) is 0. The first kappa shape index (κ1) is 35.2. The van der Waals surface area contributed by atoms with E-state index in [0.29, 0.717) is 17.5 Å². The molecule has 6 heteroatoms. The first-order valence-corrected chi connectivity index (χ1v) is 21.1. The van der Waals surface area contributed by atoms with Gasteiger partial charge in [-0.2, -0.15) is 0 Å². The third-order valence-corrected chi connectivity index (χ3v) is 12.3. The molecule has 0 fully saturated rings. The van der Waals surface area contributed by atoms with Crippen LogP contribution in [0.1, 0.15) is 0 Å². The van der Waals surface area contributed by atoms with Gasteiger partial charge < -0.3 is 13.4 Å². The van der Waals surface area contributed by atoms with E-state index < -0.39 is 0 Å². The minimum Gasteiger partial charge on any atom is -0.456 e. The average Bonchev–Trinajstić information content (AvgIpc) is 4.03. The van der Waals surface area contributed by atoms with Crippen molar-refractivity contribution in [3.8, 4) is 62.1 Å². The van der Waals surface area contributed by atoms with Gasteiger partial charge in [0.2, 0.25) is 0 Å². The minimum absolute atomic E-state index is 0.574. The summed E-state index contributed by atoms with van der Waals surface area (Å²) in [6.07, 6.45) is 0. The van der Waals surface area contributed by atoms with Crippen LogP contribution in [-0.2, 0) is 0 Å². The molecule has 0 saturated carbocycles. The van der Waals surface area contributed by atoms with E-state index in [1.807, 2.05) is 60.7 Å². The highest BCUT2D eigenvalue weighted by Gasteiger charge is 2.21. The van der Waals surface area contributed by atoms with E-state index >= 15 is 0 Å². The standard InChI is InChI=1S/C57H34N4O2/c1-3-13-36(14-4-1)55-58-56(37-27-25-35(26-28-37)38-29-31-43-42-17-8-10-23-49(42)63-52(43)34-38)60-57(59-55)45-20-12-24-51-54(45)46-33-39(30-32-50(46)62-51)41-19-11-22-48-53(41)44-18-7-9-21-47(44)61(48)40-15-5-2-6-16-40/h1-34H. The highest BCUT2D eigenvalue weighted by Crippen LogP contribution is 2.42. The number of furan rings is 2. The zero-order valence-corrected chi connectivity index (χ0v) is 33.7. The Bertz CT molecular complexity index is 3900.